The quantitative estimate of drug-likeness (QED) is 0.831. The summed E-state index contributed by atoms with van der Waals surface area (Å²) >= 11 is 0. The molecule has 19 heavy (non-hydrogen) atoms. The van der Waals surface area contributed by atoms with Gasteiger partial charge in [-0.25, -0.2) is 9.37 Å². The summed E-state index contributed by atoms with van der Waals surface area (Å²) in [6.45, 7) is 2.05. The van der Waals surface area contributed by atoms with E-state index in [-0.39, 0.29) is 11.1 Å². The van der Waals surface area contributed by atoms with Crippen LogP contribution in [-0.4, -0.2) is 22.8 Å². The van der Waals surface area contributed by atoms with Gasteiger partial charge < -0.3 is 4.74 Å². The highest BCUT2D eigenvalue weighted by atomic mass is 19.1. The molecule has 100 valence electrons. The Kier molecular flexibility index (Phi) is 3.29. The summed E-state index contributed by atoms with van der Waals surface area (Å²) in [5, 5.41) is 0.333. The lowest BCUT2D eigenvalue weighted by Gasteiger charge is -2.22. The van der Waals surface area contributed by atoms with Gasteiger partial charge in [0, 0.05) is 19.1 Å². The van der Waals surface area contributed by atoms with E-state index in [4.69, 9.17) is 4.74 Å². The van der Waals surface area contributed by atoms with Crippen molar-refractivity contribution in [1.29, 1.82) is 0 Å². The van der Waals surface area contributed by atoms with Crippen LogP contribution in [0.15, 0.2) is 29.3 Å². The lowest BCUT2D eigenvalue weighted by molar-refractivity contribution is 0.0479. The number of halogens is 1. The van der Waals surface area contributed by atoms with Crippen LogP contribution in [0.2, 0.25) is 0 Å². The molecule has 0 spiro atoms. The van der Waals surface area contributed by atoms with Crippen LogP contribution in [0, 0.1) is 11.7 Å². The van der Waals surface area contributed by atoms with E-state index in [9.17, 15) is 9.18 Å². The average molecular weight is 262 g/mol. The third-order valence-electron chi connectivity index (χ3n) is 3.51. The van der Waals surface area contributed by atoms with Gasteiger partial charge in [0.1, 0.15) is 11.3 Å². The summed E-state index contributed by atoms with van der Waals surface area (Å²) in [6.07, 6.45) is 3.50. The monoisotopic (exact) mass is 262 g/mol. The molecule has 4 nitrogen and oxygen atoms in total. The van der Waals surface area contributed by atoms with Crippen LogP contribution < -0.4 is 5.56 Å². The molecule has 0 aliphatic carbocycles. The molecule has 1 fully saturated rings. The molecule has 0 amide bonds. The second-order valence-corrected chi connectivity index (χ2v) is 4.92. The Morgan fingerprint density at radius 3 is 3.16 bits per heavy atom. The maximum absolute atomic E-state index is 13.5. The van der Waals surface area contributed by atoms with Crippen LogP contribution in [0.3, 0.4) is 0 Å². The summed E-state index contributed by atoms with van der Waals surface area (Å²) in [6, 6.07) is 4.46. The Bertz CT molecular complexity index is 647. The molecular formula is C14H15FN2O2. The van der Waals surface area contributed by atoms with E-state index in [1.807, 2.05) is 0 Å². The molecule has 0 bridgehead atoms. The van der Waals surface area contributed by atoms with E-state index < -0.39 is 5.82 Å². The average Bonchev–Trinajstić information content (AvgIpc) is 2.44. The largest absolute Gasteiger partial charge is 0.381 e. The number of hydrogen-bond donors (Lipinski definition) is 0. The van der Waals surface area contributed by atoms with Crippen LogP contribution in [0.5, 0.6) is 0 Å². The standard InChI is InChI=1S/C14H15FN2O2/c15-12-5-1-4-11-13(12)16-9-17(14(11)18)7-10-3-2-6-19-8-10/h1,4-5,9-10H,2-3,6-8H2/t10-/m1/s1. The van der Waals surface area contributed by atoms with Gasteiger partial charge in [-0.05, 0) is 25.0 Å². The molecule has 2 heterocycles. The maximum atomic E-state index is 13.5. The van der Waals surface area contributed by atoms with Crippen LogP contribution in [0.4, 0.5) is 4.39 Å². The molecule has 1 aromatic heterocycles. The highest BCUT2D eigenvalue weighted by Crippen LogP contribution is 2.16. The molecule has 0 N–H and O–H groups in total. The lowest BCUT2D eigenvalue weighted by atomic mass is 10.0. The fourth-order valence-electron chi connectivity index (χ4n) is 2.51. The molecule has 1 aliphatic rings. The van der Waals surface area contributed by atoms with E-state index in [2.05, 4.69) is 4.98 Å². The zero-order valence-electron chi connectivity index (χ0n) is 10.5. The first-order valence-corrected chi connectivity index (χ1v) is 6.47. The third kappa shape index (κ3) is 2.38. The minimum Gasteiger partial charge on any atom is -0.381 e. The fraction of sp³-hybridized carbons (Fsp3) is 0.429. The smallest absolute Gasteiger partial charge is 0.261 e. The molecule has 1 aromatic carbocycles. The van der Waals surface area contributed by atoms with Gasteiger partial charge in [0.2, 0.25) is 0 Å². The number of benzene rings is 1. The van der Waals surface area contributed by atoms with Crippen LogP contribution in [-0.2, 0) is 11.3 Å². The van der Waals surface area contributed by atoms with Crippen molar-refractivity contribution in [1.82, 2.24) is 9.55 Å². The van der Waals surface area contributed by atoms with Gasteiger partial charge in [0.25, 0.3) is 5.56 Å². The Hall–Kier alpha value is -1.75. The van der Waals surface area contributed by atoms with Crippen LogP contribution in [0.25, 0.3) is 10.9 Å². The minimum absolute atomic E-state index is 0.142. The van der Waals surface area contributed by atoms with Crippen molar-refractivity contribution in [2.45, 2.75) is 19.4 Å². The Morgan fingerprint density at radius 2 is 2.37 bits per heavy atom. The maximum Gasteiger partial charge on any atom is 0.261 e. The first-order chi connectivity index (χ1) is 9.25. The molecule has 1 saturated heterocycles. The molecule has 0 saturated carbocycles. The first-order valence-electron chi connectivity index (χ1n) is 6.47. The summed E-state index contributed by atoms with van der Waals surface area (Å²) in [7, 11) is 0. The molecule has 1 atom stereocenters. The molecule has 1 aliphatic heterocycles. The van der Waals surface area contributed by atoms with Gasteiger partial charge in [-0.15, -0.1) is 0 Å². The van der Waals surface area contributed by atoms with Gasteiger partial charge in [-0.3, -0.25) is 9.36 Å². The first kappa shape index (κ1) is 12.3. The number of nitrogens with zero attached hydrogens (tertiary/aromatic N) is 2. The van der Waals surface area contributed by atoms with E-state index in [0.29, 0.717) is 24.5 Å². The van der Waals surface area contributed by atoms with Crippen molar-refractivity contribution in [3.63, 3.8) is 0 Å². The SMILES string of the molecule is O=c1c2cccc(F)c2ncn1C[C@H]1CCCOC1. The van der Waals surface area contributed by atoms with E-state index in [0.717, 1.165) is 19.4 Å². The van der Waals surface area contributed by atoms with Crippen LogP contribution in [0.1, 0.15) is 12.8 Å². The predicted molar refractivity (Wildman–Crippen MR) is 69.5 cm³/mol. The topological polar surface area (TPSA) is 44.1 Å². The van der Waals surface area contributed by atoms with Crippen molar-refractivity contribution in [3.05, 3.63) is 40.7 Å². The van der Waals surface area contributed by atoms with E-state index >= 15 is 0 Å². The molecule has 5 heteroatoms. The molecule has 2 aromatic rings. The summed E-state index contributed by atoms with van der Waals surface area (Å²) < 4.78 is 20.5. The molecule has 3 rings (SSSR count). The molecule has 0 unspecified atom stereocenters. The zero-order chi connectivity index (χ0) is 13.2. The third-order valence-corrected chi connectivity index (χ3v) is 3.51. The Balaban J connectivity index is 1.96. The predicted octanol–water partition coefficient (Wildman–Crippen LogP) is 1.96. The van der Waals surface area contributed by atoms with Gasteiger partial charge in [-0.2, -0.15) is 0 Å². The zero-order valence-corrected chi connectivity index (χ0v) is 10.5. The second kappa shape index (κ2) is 5.09. The summed E-state index contributed by atoms with van der Waals surface area (Å²) in [5.41, 5.74) is -0.0429. The number of para-hydroxylation sites is 1. The number of aromatic nitrogens is 2. The van der Waals surface area contributed by atoms with E-state index in [1.165, 1.54) is 18.5 Å². The van der Waals surface area contributed by atoms with Gasteiger partial charge >= 0.3 is 0 Å². The second-order valence-electron chi connectivity index (χ2n) is 4.92. The molecular weight excluding hydrogens is 247 g/mol. The van der Waals surface area contributed by atoms with Gasteiger partial charge in [0.15, 0.2) is 0 Å². The Morgan fingerprint density at radius 1 is 1.47 bits per heavy atom. The summed E-state index contributed by atoms with van der Waals surface area (Å²) in [5.74, 6) is -0.123. The number of hydrogen-bond acceptors (Lipinski definition) is 3. The number of fused-ring (bicyclic) bond motifs is 1. The number of rotatable bonds is 2. The van der Waals surface area contributed by atoms with Crippen molar-refractivity contribution >= 4 is 10.9 Å². The van der Waals surface area contributed by atoms with Crippen molar-refractivity contribution in [2.75, 3.05) is 13.2 Å². The van der Waals surface area contributed by atoms with Crippen molar-refractivity contribution in [2.24, 2.45) is 5.92 Å². The Labute approximate surface area is 109 Å². The highest BCUT2D eigenvalue weighted by molar-refractivity contribution is 5.77. The van der Waals surface area contributed by atoms with Crippen molar-refractivity contribution in [3.8, 4) is 0 Å². The van der Waals surface area contributed by atoms with Gasteiger partial charge in [-0.1, -0.05) is 6.07 Å². The normalized spacial score (nSPS) is 19.7. The van der Waals surface area contributed by atoms with E-state index in [1.54, 1.807) is 10.6 Å². The lowest BCUT2D eigenvalue weighted by Crippen LogP contribution is -2.28. The minimum atomic E-state index is -0.456. The highest BCUT2D eigenvalue weighted by Gasteiger charge is 2.16. The van der Waals surface area contributed by atoms with Gasteiger partial charge in [0.05, 0.1) is 18.3 Å². The van der Waals surface area contributed by atoms with Crippen LogP contribution >= 0.6 is 0 Å². The molecule has 0 radical (unpaired) electrons. The fourth-order valence-corrected chi connectivity index (χ4v) is 2.51. The number of ether oxygens (including phenoxy) is 1. The summed E-state index contributed by atoms with van der Waals surface area (Å²) in [4.78, 5) is 16.3. The van der Waals surface area contributed by atoms with Crippen molar-refractivity contribution < 1.29 is 9.13 Å².